The Hall–Kier alpha value is -0.0400. The third-order valence-electron chi connectivity index (χ3n) is 3.84. The first-order valence-corrected chi connectivity index (χ1v) is 6.62. The van der Waals surface area contributed by atoms with Crippen molar-refractivity contribution in [3.05, 3.63) is 0 Å². The van der Waals surface area contributed by atoms with Gasteiger partial charge in [-0.2, -0.15) is 0 Å². The number of likely N-dealkylation sites (tertiary alicyclic amines) is 1. The molecule has 1 nitrogen and oxygen atoms in total. The second-order valence-electron chi connectivity index (χ2n) is 6.66. The van der Waals surface area contributed by atoms with E-state index < -0.39 is 0 Å². The number of rotatable bonds is 3. The Kier molecular flexibility index (Phi) is 4.64. The van der Waals surface area contributed by atoms with Crippen molar-refractivity contribution in [1.29, 1.82) is 0 Å². The molecule has 0 aromatic carbocycles. The van der Waals surface area contributed by atoms with Gasteiger partial charge in [0, 0.05) is 0 Å². The summed E-state index contributed by atoms with van der Waals surface area (Å²) in [7, 11) is 0. The molecule has 1 rings (SSSR count). The molecule has 0 aromatic rings. The SMILES string of the molecule is CC(C)CCN1CCC(C(C)(C)C)CC1. The van der Waals surface area contributed by atoms with Gasteiger partial charge in [0.15, 0.2) is 0 Å². The van der Waals surface area contributed by atoms with Crippen molar-refractivity contribution in [2.75, 3.05) is 19.6 Å². The minimum absolute atomic E-state index is 0.518. The zero-order valence-corrected chi connectivity index (χ0v) is 11.3. The quantitative estimate of drug-likeness (QED) is 0.686. The second kappa shape index (κ2) is 5.34. The summed E-state index contributed by atoms with van der Waals surface area (Å²) in [4.78, 5) is 2.66. The molecule has 0 aromatic heterocycles. The molecule has 0 bridgehead atoms. The van der Waals surface area contributed by atoms with Crippen LogP contribution in [-0.4, -0.2) is 24.5 Å². The minimum atomic E-state index is 0.518. The van der Waals surface area contributed by atoms with Crippen LogP contribution in [0.4, 0.5) is 0 Å². The zero-order chi connectivity index (χ0) is 11.5. The Morgan fingerprint density at radius 1 is 1.13 bits per heavy atom. The molecular weight excluding hydrogens is 182 g/mol. The van der Waals surface area contributed by atoms with Gasteiger partial charge in [0.25, 0.3) is 0 Å². The van der Waals surface area contributed by atoms with Crippen LogP contribution in [0.15, 0.2) is 0 Å². The first-order chi connectivity index (χ1) is 6.89. The molecule has 0 aliphatic carbocycles. The number of hydrogen-bond acceptors (Lipinski definition) is 1. The highest BCUT2D eigenvalue weighted by Crippen LogP contribution is 2.34. The average molecular weight is 211 g/mol. The van der Waals surface area contributed by atoms with Crippen molar-refractivity contribution in [3.8, 4) is 0 Å². The van der Waals surface area contributed by atoms with E-state index in [2.05, 4.69) is 39.5 Å². The van der Waals surface area contributed by atoms with Crippen LogP contribution in [0, 0.1) is 17.3 Å². The van der Waals surface area contributed by atoms with Gasteiger partial charge in [-0.05, 0) is 56.1 Å². The van der Waals surface area contributed by atoms with Gasteiger partial charge in [-0.3, -0.25) is 0 Å². The van der Waals surface area contributed by atoms with Gasteiger partial charge >= 0.3 is 0 Å². The van der Waals surface area contributed by atoms with E-state index in [9.17, 15) is 0 Å². The van der Waals surface area contributed by atoms with E-state index in [0.29, 0.717) is 5.41 Å². The van der Waals surface area contributed by atoms with Gasteiger partial charge in [-0.25, -0.2) is 0 Å². The van der Waals surface area contributed by atoms with Crippen LogP contribution in [0.3, 0.4) is 0 Å². The van der Waals surface area contributed by atoms with Crippen molar-refractivity contribution in [3.63, 3.8) is 0 Å². The van der Waals surface area contributed by atoms with Crippen molar-refractivity contribution in [1.82, 2.24) is 4.90 Å². The molecule has 15 heavy (non-hydrogen) atoms. The molecule has 0 amide bonds. The predicted molar refractivity (Wildman–Crippen MR) is 68.1 cm³/mol. The zero-order valence-electron chi connectivity index (χ0n) is 11.3. The molecule has 0 spiro atoms. The van der Waals surface area contributed by atoms with Crippen LogP contribution in [0.2, 0.25) is 0 Å². The Morgan fingerprint density at radius 2 is 1.67 bits per heavy atom. The van der Waals surface area contributed by atoms with Crippen LogP contribution in [-0.2, 0) is 0 Å². The van der Waals surface area contributed by atoms with E-state index >= 15 is 0 Å². The fourth-order valence-electron chi connectivity index (χ4n) is 2.46. The molecular formula is C14H29N. The molecule has 0 saturated carbocycles. The maximum absolute atomic E-state index is 2.66. The van der Waals surface area contributed by atoms with Gasteiger partial charge in [0.2, 0.25) is 0 Å². The van der Waals surface area contributed by atoms with Crippen LogP contribution in [0.5, 0.6) is 0 Å². The Labute approximate surface area is 96.2 Å². The minimum Gasteiger partial charge on any atom is -0.303 e. The topological polar surface area (TPSA) is 3.24 Å². The summed E-state index contributed by atoms with van der Waals surface area (Å²) >= 11 is 0. The third kappa shape index (κ3) is 4.55. The lowest BCUT2D eigenvalue weighted by Crippen LogP contribution is -2.38. The van der Waals surface area contributed by atoms with E-state index in [0.717, 1.165) is 11.8 Å². The first kappa shape index (κ1) is 13.0. The van der Waals surface area contributed by atoms with Crippen molar-refractivity contribution >= 4 is 0 Å². The number of hydrogen-bond donors (Lipinski definition) is 0. The molecule has 1 heterocycles. The maximum atomic E-state index is 2.66. The standard InChI is InChI=1S/C14H29N/c1-12(2)6-9-15-10-7-13(8-11-15)14(3,4)5/h12-13H,6-11H2,1-5H3. The highest BCUT2D eigenvalue weighted by atomic mass is 15.1. The Balaban J connectivity index is 2.24. The van der Waals surface area contributed by atoms with Crippen molar-refractivity contribution in [2.24, 2.45) is 17.3 Å². The van der Waals surface area contributed by atoms with E-state index in [4.69, 9.17) is 0 Å². The van der Waals surface area contributed by atoms with Gasteiger partial charge < -0.3 is 4.90 Å². The average Bonchev–Trinajstić information content (AvgIpc) is 2.14. The predicted octanol–water partition coefficient (Wildman–Crippen LogP) is 3.79. The molecule has 1 fully saturated rings. The summed E-state index contributed by atoms with van der Waals surface area (Å²) < 4.78 is 0. The molecule has 0 atom stereocenters. The normalized spacial score (nSPS) is 21.2. The summed E-state index contributed by atoms with van der Waals surface area (Å²) in [6.45, 7) is 15.8. The summed E-state index contributed by atoms with van der Waals surface area (Å²) in [5.41, 5.74) is 0.518. The van der Waals surface area contributed by atoms with Gasteiger partial charge in [0.05, 0.1) is 0 Å². The summed E-state index contributed by atoms with van der Waals surface area (Å²) in [5.74, 6) is 1.79. The molecule has 1 heteroatoms. The summed E-state index contributed by atoms with van der Waals surface area (Å²) in [6.07, 6.45) is 4.17. The molecule has 0 N–H and O–H groups in total. The smallest absolute Gasteiger partial charge is 0.00159 e. The molecule has 0 radical (unpaired) electrons. The molecule has 90 valence electrons. The Morgan fingerprint density at radius 3 is 2.07 bits per heavy atom. The number of nitrogens with zero attached hydrogens (tertiary/aromatic N) is 1. The highest BCUT2D eigenvalue weighted by Gasteiger charge is 2.28. The van der Waals surface area contributed by atoms with Crippen LogP contribution in [0.25, 0.3) is 0 Å². The largest absolute Gasteiger partial charge is 0.303 e. The van der Waals surface area contributed by atoms with Gasteiger partial charge in [-0.15, -0.1) is 0 Å². The first-order valence-electron chi connectivity index (χ1n) is 6.62. The van der Waals surface area contributed by atoms with Crippen LogP contribution in [0.1, 0.15) is 53.9 Å². The van der Waals surface area contributed by atoms with Crippen LogP contribution < -0.4 is 0 Å². The molecule has 0 unspecified atom stereocenters. The lowest BCUT2D eigenvalue weighted by Gasteiger charge is -2.39. The summed E-state index contributed by atoms with van der Waals surface area (Å²) in [5, 5.41) is 0. The molecule has 1 aliphatic rings. The maximum Gasteiger partial charge on any atom is -0.00159 e. The van der Waals surface area contributed by atoms with E-state index in [1.165, 1.54) is 38.9 Å². The number of piperidine rings is 1. The summed E-state index contributed by atoms with van der Waals surface area (Å²) in [6, 6.07) is 0. The van der Waals surface area contributed by atoms with Gasteiger partial charge in [-0.1, -0.05) is 34.6 Å². The van der Waals surface area contributed by atoms with E-state index in [1.807, 2.05) is 0 Å². The lowest BCUT2D eigenvalue weighted by atomic mass is 9.75. The second-order valence-corrected chi connectivity index (χ2v) is 6.66. The highest BCUT2D eigenvalue weighted by molar-refractivity contribution is 4.80. The fraction of sp³-hybridized carbons (Fsp3) is 1.00. The van der Waals surface area contributed by atoms with E-state index in [1.54, 1.807) is 0 Å². The third-order valence-corrected chi connectivity index (χ3v) is 3.84. The van der Waals surface area contributed by atoms with Gasteiger partial charge in [0.1, 0.15) is 0 Å². The van der Waals surface area contributed by atoms with E-state index in [-0.39, 0.29) is 0 Å². The van der Waals surface area contributed by atoms with Crippen LogP contribution >= 0.6 is 0 Å². The monoisotopic (exact) mass is 211 g/mol. The molecule has 1 saturated heterocycles. The Bertz CT molecular complexity index is 170. The fourth-order valence-corrected chi connectivity index (χ4v) is 2.46. The van der Waals surface area contributed by atoms with Crippen molar-refractivity contribution in [2.45, 2.75) is 53.9 Å². The van der Waals surface area contributed by atoms with Crippen molar-refractivity contribution < 1.29 is 0 Å². The molecule has 1 aliphatic heterocycles. The lowest BCUT2D eigenvalue weighted by molar-refractivity contribution is 0.109.